The molecule has 1 aliphatic heterocycles. The van der Waals surface area contributed by atoms with Gasteiger partial charge in [0.25, 0.3) is 5.91 Å². The molecule has 3 amide bonds. The number of esters is 1. The standard InChI is InChI=1S/C23H27N3O7S/c1-16-6-12-19(13-7-16)34(30,31)26-14-4-3-5-20(26)22(28)33-15-21(27)25-23(29)24-17-8-10-18(32-2)11-9-17/h6-13,20H,3-5,14-15H2,1-2H3,(H2,24,25,27,29). The number of nitrogens with one attached hydrogen (secondary N) is 2. The SMILES string of the molecule is COc1ccc(NC(=O)NC(=O)COC(=O)C2CCCCN2S(=O)(=O)c2ccc(C)cc2)cc1. The molecule has 1 fully saturated rings. The third kappa shape index (κ3) is 6.33. The number of hydrogen-bond acceptors (Lipinski definition) is 7. The van der Waals surface area contributed by atoms with E-state index in [1.165, 1.54) is 19.2 Å². The summed E-state index contributed by atoms with van der Waals surface area (Å²) in [5, 5.41) is 4.53. The maximum atomic E-state index is 13.1. The van der Waals surface area contributed by atoms with Gasteiger partial charge in [-0.25, -0.2) is 13.2 Å². The van der Waals surface area contributed by atoms with Gasteiger partial charge < -0.3 is 14.8 Å². The fourth-order valence-electron chi connectivity index (χ4n) is 3.51. The molecule has 10 nitrogen and oxygen atoms in total. The average molecular weight is 490 g/mol. The fraction of sp³-hybridized carbons (Fsp3) is 0.348. The molecular formula is C23H27N3O7S. The van der Waals surface area contributed by atoms with E-state index >= 15 is 0 Å². The topological polar surface area (TPSA) is 131 Å². The van der Waals surface area contributed by atoms with Crippen LogP contribution in [0.2, 0.25) is 0 Å². The Morgan fingerprint density at radius 3 is 2.35 bits per heavy atom. The number of rotatable bonds is 7. The first-order valence-corrected chi connectivity index (χ1v) is 12.1. The van der Waals surface area contributed by atoms with Crippen LogP contribution in [0.5, 0.6) is 5.75 Å². The second-order valence-corrected chi connectivity index (χ2v) is 9.67. The molecule has 34 heavy (non-hydrogen) atoms. The quantitative estimate of drug-likeness (QED) is 0.571. The number of ether oxygens (including phenoxy) is 2. The van der Waals surface area contributed by atoms with Crippen molar-refractivity contribution < 1.29 is 32.3 Å². The van der Waals surface area contributed by atoms with Crippen LogP contribution in [-0.2, 0) is 24.3 Å². The van der Waals surface area contributed by atoms with E-state index in [2.05, 4.69) is 10.6 Å². The number of benzene rings is 2. The molecule has 1 aliphatic rings. The normalized spacial score (nSPS) is 16.4. The lowest BCUT2D eigenvalue weighted by Gasteiger charge is -2.32. The van der Waals surface area contributed by atoms with E-state index in [0.29, 0.717) is 24.3 Å². The van der Waals surface area contributed by atoms with E-state index in [1.54, 1.807) is 36.4 Å². The van der Waals surface area contributed by atoms with Crippen LogP contribution in [0, 0.1) is 6.92 Å². The highest BCUT2D eigenvalue weighted by Crippen LogP contribution is 2.26. The second kappa shape index (κ2) is 11.1. The summed E-state index contributed by atoms with van der Waals surface area (Å²) in [6.45, 7) is 1.30. The van der Waals surface area contributed by atoms with Gasteiger partial charge in [-0.3, -0.25) is 14.9 Å². The Bertz CT molecular complexity index is 1130. The largest absolute Gasteiger partial charge is 0.497 e. The minimum atomic E-state index is -3.91. The molecule has 11 heteroatoms. The van der Waals surface area contributed by atoms with Crippen LogP contribution in [0.25, 0.3) is 0 Å². The number of urea groups is 1. The zero-order chi connectivity index (χ0) is 24.7. The Labute approximate surface area is 198 Å². The molecule has 0 spiro atoms. The highest BCUT2D eigenvalue weighted by molar-refractivity contribution is 7.89. The molecule has 2 N–H and O–H groups in total. The number of amides is 3. The van der Waals surface area contributed by atoms with Crippen molar-refractivity contribution in [2.45, 2.75) is 37.1 Å². The van der Waals surface area contributed by atoms with Gasteiger partial charge in [-0.2, -0.15) is 4.31 Å². The maximum Gasteiger partial charge on any atom is 0.325 e. The minimum Gasteiger partial charge on any atom is -0.497 e. The average Bonchev–Trinajstić information content (AvgIpc) is 2.83. The van der Waals surface area contributed by atoms with Crippen molar-refractivity contribution in [3.05, 3.63) is 54.1 Å². The molecule has 1 saturated heterocycles. The Balaban J connectivity index is 1.56. The number of hydrogen-bond donors (Lipinski definition) is 2. The first-order chi connectivity index (χ1) is 16.2. The molecule has 0 saturated carbocycles. The number of aryl methyl sites for hydroxylation is 1. The van der Waals surface area contributed by atoms with Crippen LogP contribution in [0.3, 0.4) is 0 Å². The van der Waals surface area contributed by atoms with E-state index in [-0.39, 0.29) is 17.9 Å². The van der Waals surface area contributed by atoms with Gasteiger partial charge in [-0.15, -0.1) is 0 Å². The van der Waals surface area contributed by atoms with Crippen LogP contribution in [0.4, 0.5) is 10.5 Å². The Hall–Kier alpha value is -3.44. The van der Waals surface area contributed by atoms with Crippen LogP contribution >= 0.6 is 0 Å². The zero-order valence-corrected chi connectivity index (χ0v) is 19.8. The zero-order valence-electron chi connectivity index (χ0n) is 18.9. The minimum absolute atomic E-state index is 0.0887. The third-order valence-electron chi connectivity index (χ3n) is 5.30. The van der Waals surface area contributed by atoms with Crippen molar-refractivity contribution in [1.82, 2.24) is 9.62 Å². The summed E-state index contributed by atoms with van der Waals surface area (Å²) in [6, 6.07) is 11.0. The molecule has 182 valence electrons. The Morgan fingerprint density at radius 2 is 1.71 bits per heavy atom. The molecule has 2 aromatic carbocycles. The number of imide groups is 1. The summed E-state index contributed by atoms with van der Waals surface area (Å²) in [7, 11) is -2.40. The smallest absolute Gasteiger partial charge is 0.325 e. The Morgan fingerprint density at radius 1 is 1.03 bits per heavy atom. The van der Waals surface area contributed by atoms with Gasteiger partial charge >= 0.3 is 12.0 Å². The molecular weight excluding hydrogens is 462 g/mol. The molecule has 1 atom stereocenters. The molecule has 1 heterocycles. The Kier molecular flexibility index (Phi) is 8.24. The van der Waals surface area contributed by atoms with Gasteiger partial charge in [0.1, 0.15) is 11.8 Å². The summed E-state index contributed by atoms with van der Waals surface area (Å²) in [4.78, 5) is 36.8. The molecule has 0 aliphatic carbocycles. The lowest BCUT2D eigenvalue weighted by molar-refractivity contribution is -0.152. The first kappa shape index (κ1) is 25.2. The van der Waals surface area contributed by atoms with Crippen molar-refractivity contribution >= 4 is 33.6 Å². The van der Waals surface area contributed by atoms with E-state index in [1.807, 2.05) is 6.92 Å². The van der Waals surface area contributed by atoms with Gasteiger partial charge in [0.15, 0.2) is 6.61 Å². The number of nitrogens with zero attached hydrogens (tertiary/aromatic N) is 1. The highest BCUT2D eigenvalue weighted by atomic mass is 32.2. The van der Waals surface area contributed by atoms with Gasteiger partial charge in [-0.1, -0.05) is 17.7 Å². The lowest BCUT2D eigenvalue weighted by atomic mass is 10.1. The number of anilines is 1. The summed E-state index contributed by atoms with van der Waals surface area (Å²) < 4.78 is 37.4. The van der Waals surface area contributed by atoms with Crippen LogP contribution < -0.4 is 15.4 Å². The van der Waals surface area contributed by atoms with Crippen molar-refractivity contribution in [2.75, 3.05) is 25.6 Å². The highest BCUT2D eigenvalue weighted by Gasteiger charge is 2.38. The number of piperidine rings is 1. The fourth-order valence-corrected chi connectivity index (χ4v) is 5.15. The van der Waals surface area contributed by atoms with Gasteiger partial charge in [0.2, 0.25) is 10.0 Å². The maximum absolute atomic E-state index is 13.1. The predicted octanol–water partition coefficient (Wildman–Crippen LogP) is 2.44. The monoisotopic (exact) mass is 489 g/mol. The van der Waals surface area contributed by atoms with E-state index in [4.69, 9.17) is 9.47 Å². The number of sulfonamides is 1. The summed E-state index contributed by atoms with van der Waals surface area (Å²) >= 11 is 0. The molecule has 1 unspecified atom stereocenters. The summed E-state index contributed by atoms with van der Waals surface area (Å²) in [6.07, 6.45) is 1.54. The molecule has 0 bridgehead atoms. The second-order valence-electron chi connectivity index (χ2n) is 7.78. The van der Waals surface area contributed by atoms with Crippen LogP contribution in [0.15, 0.2) is 53.4 Å². The van der Waals surface area contributed by atoms with E-state index in [0.717, 1.165) is 9.87 Å². The van der Waals surface area contributed by atoms with Crippen LogP contribution in [-0.4, -0.2) is 56.9 Å². The molecule has 0 radical (unpaired) electrons. The number of methoxy groups -OCH3 is 1. The van der Waals surface area contributed by atoms with Gasteiger partial charge in [0, 0.05) is 12.2 Å². The summed E-state index contributed by atoms with van der Waals surface area (Å²) in [5.74, 6) is -1.07. The van der Waals surface area contributed by atoms with Crippen molar-refractivity contribution in [3.63, 3.8) is 0 Å². The predicted molar refractivity (Wildman–Crippen MR) is 124 cm³/mol. The van der Waals surface area contributed by atoms with E-state index < -0.39 is 40.6 Å². The van der Waals surface area contributed by atoms with Crippen molar-refractivity contribution in [3.8, 4) is 5.75 Å². The summed E-state index contributed by atoms with van der Waals surface area (Å²) in [5.41, 5.74) is 1.35. The van der Waals surface area contributed by atoms with Crippen molar-refractivity contribution in [2.24, 2.45) is 0 Å². The lowest BCUT2D eigenvalue weighted by Crippen LogP contribution is -2.49. The van der Waals surface area contributed by atoms with Crippen LogP contribution in [0.1, 0.15) is 24.8 Å². The van der Waals surface area contributed by atoms with Gasteiger partial charge in [0.05, 0.1) is 12.0 Å². The first-order valence-electron chi connectivity index (χ1n) is 10.7. The third-order valence-corrected chi connectivity index (χ3v) is 7.22. The van der Waals surface area contributed by atoms with E-state index in [9.17, 15) is 22.8 Å². The number of carbonyl (C=O) groups excluding carboxylic acids is 3. The van der Waals surface area contributed by atoms with Gasteiger partial charge in [-0.05, 0) is 62.6 Å². The molecule has 3 rings (SSSR count). The van der Waals surface area contributed by atoms with Crippen molar-refractivity contribution in [1.29, 1.82) is 0 Å². The molecule has 0 aromatic heterocycles. The molecule has 2 aromatic rings. The number of carbonyl (C=O) groups is 3.